The third-order valence-corrected chi connectivity index (χ3v) is 3.55. The molecule has 0 fully saturated rings. The largest absolute Gasteiger partial charge is 0.350 e. The van der Waals surface area contributed by atoms with Crippen LogP contribution in [-0.2, 0) is 9.59 Å². The van der Waals surface area contributed by atoms with Gasteiger partial charge >= 0.3 is 0 Å². The lowest BCUT2D eigenvalue weighted by Crippen LogP contribution is -2.38. The van der Waals surface area contributed by atoms with Crippen LogP contribution in [0.1, 0.15) is 31.9 Å². The van der Waals surface area contributed by atoms with Crippen LogP contribution >= 0.6 is 0 Å². The van der Waals surface area contributed by atoms with Gasteiger partial charge in [0.2, 0.25) is 11.8 Å². The Morgan fingerprint density at radius 2 is 1.73 bits per heavy atom. The molecule has 0 spiro atoms. The molecule has 5 heteroatoms. The number of nitrogens with one attached hydrogen (secondary N) is 1. The predicted molar refractivity (Wildman–Crippen MR) is 88.4 cm³/mol. The van der Waals surface area contributed by atoms with E-state index in [9.17, 15) is 9.59 Å². The second-order valence-corrected chi connectivity index (χ2v) is 5.76. The number of hydrogen-bond donors (Lipinski definition) is 1. The third kappa shape index (κ3) is 6.72. The Bertz CT molecular complexity index is 474. The zero-order valence-corrected chi connectivity index (χ0v) is 14.0. The van der Waals surface area contributed by atoms with Crippen molar-refractivity contribution < 1.29 is 9.59 Å². The van der Waals surface area contributed by atoms with E-state index in [1.165, 1.54) is 0 Å². The Balaban J connectivity index is 2.41. The molecule has 1 rings (SSSR count). The Hall–Kier alpha value is -1.88. The van der Waals surface area contributed by atoms with Gasteiger partial charge in [-0.3, -0.25) is 9.59 Å². The minimum Gasteiger partial charge on any atom is -0.350 e. The van der Waals surface area contributed by atoms with Crippen LogP contribution in [0.5, 0.6) is 0 Å². The van der Waals surface area contributed by atoms with Crippen LogP contribution in [0.25, 0.3) is 0 Å². The summed E-state index contributed by atoms with van der Waals surface area (Å²) in [6, 6.07) is 9.82. The monoisotopic (exact) mass is 305 g/mol. The second-order valence-electron chi connectivity index (χ2n) is 5.76. The molecule has 0 aliphatic heterocycles. The lowest BCUT2D eigenvalue weighted by molar-refractivity contribution is -0.130. The van der Waals surface area contributed by atoms with E-state index < -0.39 is 0 Å². The fourth-order valence-electron chi connectivity index (χ4n) is 2.12. The van der Waals surface area contributed by atoms with E-state index in [4.69, 9.17) is 0 Å². The van der Waals surface area contributed by atoms with Crippen molar-refractivity contribution >= 4 is 11.8 Å². The van der Waals surface area contributed by atoms with Crippen molar-refractivity contribution in [2.24, 2.45) is 0 Å². The molecule has 1 aromatic carbocycles. The molecule has 0 radical (unpaired) electrons. The average molecular weight is 305 g/mol. The second kappa shape index (κ2) is 9.20. The van der Waals surface area contributed by atoms with Gasteiger partial charge in [-0.1, -0.05) is 30.3 Å². The summed E-state index contributed by atoms with van der Waals surface area (Å²) in [6.07, 6.45) is 0.324. The van der Waals surface area contributed by atoms with Gasteiger partial charge in [0.1, 0.15) is 0 Å². The fraction of sp³-hybridized carbons (Fsp3) is 0.529. The molecule has 5 nitrogen and oxygen atoms in total. The number of carbonyl (C=O) groups is 2. The minimum atomic E-state index is -0.0348. The summed E-state index contributed by atoms with van der Waals surface area (Å²) in [7, 11) is 3.93. The van der Waals surface area contributed by atoms with Gasteiger partial charge in [-0.25, -0.2) is 0 Å². The number of amides is 2. The van der Waals surface area contributed by atoms with E-state index >= 15 is 0 Å². The van der Waals surface area contributed by atoms with Gasteiger partial charge in [-0.05, 0) is 26.6 Å². The molecule has 1 aromatic rings. The molecular weight excluding hydrogens is 278 g/mol. The topological polar surface area (TPSA) is 52.7 Å². The SMILES string of the molecule is CC(=O)N(CCC(=O)NC(C)c1ccccc1)CCN(C)C. The van der Waals surface area contributed by atoms with E-state index in [2.05, 4.69) is 5.32 Å². The quantitative estimate of drug-likeness (QED) is 0.795. The van der Waals surface area contributed by atoms with Crippen LogP contribution in [0.2, 0.25) is 0 Å². The van der Waals surface area contributed by atoms with Crippen molar-refractivity contribution in [3.63, 3.8) is 0 Å². The Labute approximate surface area is 133 Å². The number of rotatable bonds is 8. The number of benzene rings is 1. The molecule has 1 unspecified atom stereocenters. The number of carbonyl (C=O) groups excluding carboxylic acids is 2. The number of nitrogens with zero attached hydrogens (tertiary/aromatic N) is 2. The van der Waals surface area contributed by atoms with E-state index in [-0.39, 0.29) is 17.9 Å². The molecule has 0 saturated carbocycles. The zero-order chi connectivity index (χ0) is 16.5. The molecule has 2 amide bonds. The highest BCUT2D eigenvalue weighted by atomic mass is 16.2. The van der Waals surface area contributed by atoms with Crippen molar-refractivity contribution in [2.45, 2.75) is 26.3 Å². The summed E-state index contributed by atoms with van der Waals surface area (Å²) in [6.45, 7) is 5.39. The summed E-state index contributed by atoms with van der Waals surface area (Å²) in [5, 5.41) is 2.97. The summed E-state index contributed by atoms with van der Waals surface area (Å²) in [5.74, 6) is -0.0294. The Morgan fingerprint density at radius 3 is 2.27 bits per heavy atom. The van der Waals surface area contributed by atoms with Crippen LogP contribution in [-0.4, -0.2) is 55.3 Å². The van der Waals surface area contributed by atoms with Crippen molar-refractivity contribution in [3.8, 4) is 0 Å². The average Bonchev–Trinajstić information content (AvgIpc) is 2.47. The summed E-state index contributed by atoms with van der Waals surface area (Å²) < 4.78 is 0. The molecule has 1 atom stereocenters. The van der Waals surface area contributed by atoms with Crippen LogP contribution in [0, 0.1) is 0 Å². The first-order valence-corrected chi connectivity index (χ1v) is 7.64. The molecule has 0 aliphatic carbocycles. The van der Waals surface area contributed by atoms with E-state index in [1.54, 1.807) is 11.8 Å². The maximum atomic E-state index is 12.0. The maximum absolute atomic E-state index is 12.0. The van der Waals surface area contributed by atoms with Crippen molar-refractivity contribution in [2.75, 3.05) is 33.7 Å². The Morgan fingerprint density at radius 1 is 1.09 bits per heavy atom. The van der Waals surface area contributed by atoms with E-state index in [0.717, 1.165) is 12.1 Å². The van der Waals surface area contributed by atoms with E-state index in [1.807, 2.05) is 56.3 Å². The van der Waals surface area contributed by atoms with Crippen LogP contribution in [0.4, 0.5) is 0 Å². The van der Waals surface area contributed by atoms with Gasteiger partial charge < -0.3 is 15.1 Å². The summed E-state index contributed by atoms with van der Waals surface area (Å²) in [4.78, 5) is 27.4. The normalized spacial score (nSPS) is 12.0. The first-order chi connectivity index (χ1) is 10.4. The molecular formula is C17H27N3O2. The van der Waals surface area contributed by atoms with Crippen LogP contribution in [0.3, 0.4) is 0 Å². The highest BCUT2D eigenvalue weighted by molar-refractivity contribution is 5.78. The van der Waals surface area contributed by atoms with Gasteiger partial charge in [-0.2, -0.15) is 0 Å². The zero-order valence-electron chi connectivity index (χ0n) is 14.0. The lowest BCUT2D eigenvalue weighted by Gasteiger charge is -2.23. The molecule has 122 valence electrons. The van der Waals surface area contributed by atoms with Crippen molar-refractivity contribution in [3.05, 3.63) is 35.9 Å². The van der Waals surface area contributed by atoms with Gasteiger partial charge in [0.25, 0.3) is 0 Å². The molecule has 0 aliphatic rings. The van der Waals surface area contributed by atoms with Crippen molar-refractivity contribution in [1.82, 2.24) is 15.1 Å². The summed E-state index contributed by atoms with van der Waals surface area (Å²) in [5.41, 5.74) is 1.08. The molecule has 0 bridgehead atoms. The fourth-order valence-corrected chi connectivity index (χ4v) is 2.12. The molecule has 22 heavy (non-hydrogen) atoms. The highest BCUT2D eigenvalue weighted by Crippen LogP contribution is 2.11. The first kappa shape index (κ1) is 18.2. The molecule has 0 aromatic heterocycles. The molecule has 1 N–H and O–H groups in total. The van der Waals surface area contributed by atoms with Crippen molar-refractivity contribution in [1.29, 1.82) is 0 Å². The lowest BCUT2D eigenvalue weighted by atomic mass is 10.1. The molecule has 0 heterocycles. The first-order valence-electron chi connectivity index (χ1n) is 7.64. The Kier molecular flexibility index (Phi) is 7.60. The molecule has 0 saturated heterocycles. The van der Waals surface area contributed by atoms with Gasteiger partial charge in [-0.15, -0.1) is 0 Å². The maximum Gasteiger partial charge on any atom is 0.222 e. The van der Waals surface area contributed by atoms with Gasteiger partial charge in [0.05, 0.1) is 6.04 Å². The summed E-state index contributed by atoms with van der Waals surface area (Å²) >= 11 is 0. The van der Waals surface area contributed by atoms with E-state index in [0.29, 0.717) is 19.5 Å². The number of likely N-dealkylation sites (N-methyl/N-ethyl adjacent to an activating group) is 1. The smallest absolute Gasteiger partial charge is 0.222 e. The van der Waals surface area contributed by atoms with Crippen LogP contribution < -0.4 is 5.32 Å². The standard InChI is InChI=1S/C17H27N3O2/c1-14(16-8-6-5-7-9-16)18-17(22)10-11-20(15(2)21)13-12-19(3)4/h5-9,14H,10-13H2,1-4H3,(H,18,22). The number of hydrogen-bond acceptors (Lipinski definition) is 3. The minimum absolute atomic E-state index is 0.00533. The van der Waals surface area contributed by atoms with Gasteiger partial charge in [0, 0.05) is 33.0 Å². The highest BCUT2D eigenvalue weighted by Gasteiger charge is 2.13. The predicted octanol–water partition coefficient (Wildman–Crippen LogP) is 1.66. The third-order valence-electron chi connectivity index (χ3n) is 3.55. The van der Waals surface area contributed by atoms with Gasteiger partial charge in [0.15, 0.2) is 0 Å². The van der Waals surface area contributed by atoms with Crippen LogP contribution in [0.15, 0.2) is 30.3 Å².